The van der Waals surface area contributed by atoms with Gasteiger partial charge in [-0.05, 0) is 72.1 Å². The maximum atomic E-state index is 5.05. The van der Waals surface area contributed by atoms with Crippen molar-refractivity contribution in [2.24, 2.45) is 0 Å². The van der Waals surface area contributed by atoms with Gasteiger partial charge in [0, 0.05) is 16.7 Å². The van der Waals surface area contributed by atoms with E-state index in [-0.39, 0.29) is 0 Å². The molecule has 0 amide bonds. The number of fused-ring (bicyclic) bond motifs is 14. The minimum Gasteiger partial charge on any atom is -0.208 e. The van der Waals surface area contributed by atoms with Gasteiger partial charge in [0.2, 0.25) is 0 Å². The molecule has 0 bridgehead atoms. The standard InChI is InChI=1S/C48H29N3/c1-3-14-31(15-4-1)45-49-46(32-16-5-2-6-17-32)51-47(50-45)34-25-26-36-33(29-34)24-28-40-39-27-23-30-13-7-8-18-35(30)43(39)48(44(36)40)41-21-11-9-19-37(41)38-20-10-12-22-42(38)48/h1-29H. The molecule has 236 valence electrons. The van der Waals surface area contributed by atoms with E-state index in [1.54, 1.807) is 0 Å². The molecular formula is C48H29N3. The third-order valence-corrected chi connectivity index (χ3v) is 10.9. The molecule has 1 spiro atoms. The number of aromatic nitrogens is 3. The van der Waals surface area contributed by atoms with Crippen molar-refractivity contribution in [2.45, 2.75) is 5.41 Å². The molecule has 3 nitrogen and oxygen atoms in total. The second kappa shape index (κ2) is 10.6. The molecule has 0 saturated heterocycles. The molecule has 0 radical (unpaired) electrons. The first-order valence-corrected chi connectivity index (χ1v) is 17.5. The van der Waals surface area contributed by atoms with Gasteiger partial charge in [0.05, 0.1) is 5.41 Å². The van der Waals surface area contributed by atoms with E-state index in [4.69, 9.17) is 15.0 Å². The van der Waals surface area contributed by atoms with Crippen LogP contribution in [0, 0.1) is 0 Å². The van der Waals surface area contributed by atoms with Gasteiger partial charge in [0.15, 0.2) is 17.5 Å². The average Bonchev–Trinajstić information content (AvgIpc) is 3.69. The van der Waals surface area contributed by atoms with Gasteiger partial charge in [-0.25, -0.2) is 15.0 Å². The number of hydrogen-bond acceptors (Lipinski definition) is 3. The van der Waals surface area contributed by atoms with Crippen LogP contribution in [0.25, 0.3) is 78.0 Å². The van der Waals surface area contributed by atoms with Gasteiger partial charge in [-0.1, -0.05) is 170 Å². The normalized spacial score (nSPS) is 13.3. The fourth-order valence-corrected chi connectivity index (χ4v) is 8.83. The summed E-state index contributed by atoms with van der Waals surface area (Å²) in [5, 5.41) is 4.96. The molecule has 3 heteroatoms. The summed E-state index contributed by atoms with van der Waals surface area (Å²) in [6.07, 6.45) is 0. The monoisotopic (exact) mass is 647 g/mol. The van der Waals surface area contributed by atoms with Crippen LogP contribution in [0.2, 0.25) is 0 Å². The molecule has 1 aromatic heterocycles. The van der Waals surface area contributed by atoms with Crippen LogP contribution in [0.5, 0.6) is 0 Å². The van der Waals surface area contributed by atoms with Crippen LogP contribution >= 0.6 is 0 Å². The molecule has 1 heterocycles. The Labute approximate surface area is 295 Å². The summed E-state index contributed by atoms with van der Waals surface area (Å²) in [6.45, 7) is 0. The van der Waals surface area contributed by atoms with E-state index < -0.39 is 5.41 Å². The number of benzene rings is 8. The minimum absolute atomic E-state index is 0.464. The predicted molar refractivity (Wildman–Crippen MR) is 207 cm³/mol. The maximum absolute atomic E-state index is 5.05. The highest BCUT2D eigenvalue weighted by Crippen LogP contribution is 2.65. The number of rotatable bonds is 3. The van der Waals surface area contributed by atoms with Crippen molar-refractivity contribution in [2.75, 3.05) is 0 Å². The Morgan fingerprint density at radius 3 is 1.39 bits per heavy atom. The summed E-state index contributed by atoms with van der Waals surface area (Å²) in [4.78, 5) is 15.0. The van der Waals surface area contributed by atoms with Crippen molar-refractivity contribution in [3.05, 3.63) is 198 Å². The van der Waals surface area contributed by atoms with Gasteiger partial charge in [0.1, 0.15) is 0 Å². The fourth-order valence-electron chi connectivity index (χ4n) is 8.83. The van der Waals surface area contributed by atoms with E-state index in [1.807, 2.05) is 36.4 Å². The van der Waals surface area contributed by atoms with Gasteiger partial charge in [-0.3, -0.25) is 0 Å². The summed E-state index contributed by atoms with van der Waals surface area (Å²) in [5.41, 5.74) is 13.0. The lowest BCUT2D eigenvalue weighted by Crippen LogP contribution is -2.26. The van der Waals surface area contributed by atoms with Crippen LogP contribution in [-0.4, -0.2) is 15.0 Å². The maximum Gasteiger partial charge on any atom is 0.164 e. The van der Waals surface area contributed by atoms with Crippen LogP contribution in [0.4, 0.5) is 0 Å². The van der Waals surface area contributed by atoms with E-state index in [0.29, 0.717) is 17.5 Å². The Morgan fingerprint density at radius 1 is 0.314 bits per heavy atom. The summed E-state index contributed by atoms with van der Waals surface area (Å²) >= 11 is 0. The molecule has 51 heavy (non-hydrogen) atoms. The van der Waals surface area contributed by atoms with Crippen molar-refractivity contribution >= 4 is 21.5 Å². The van der Waals surface area contributed by atoms with Crippen LogP contribution < -0.4 is 0 Å². The summed E-state index contributed by atoms with van der Waals surface area (Å²) in [7, 11) is 0. The van der Waals surface area contributed by atoms with E-state index >= 15 is 0 Å². The summed E-state index contributed by atoms with van der Waals surface area (Å²) in [6, 6.07) is 63.2. The molecule has 11 rings (SSSR count). The Bertz CT molecular complexity index is 2750. The van der Waals surface area contributed by atoms with Crippen LogP contribution in [-0.2, 0) is 5.41 Å². The average molecular weight is 648 g/mol. The minimum atomic E-state index is -0.464. The van der Waals surface area contributed by atoms with E-state index in [0.717, 1.165) is 22.1 Å². The van der Waals surface area contributed by atoms with E-state index in [9.17, 15) is 0 Å². The summed E-state index contributed by atoms with van der Waals surface area (Å²) < 4.78 is 0. The van der Waals surface area contributed by atoms with Crippen molar-refractivity contribution in [1.29, 1.82) is 0 Å². The lowest BCUT2D eigenvalue weighted by atomic mass is 9.68. The molecule has 2 aliphatic carbocycles. The molecule has 0 unspecified atom stereocenters. The molecule has 0 atom stereocenters. The van der Waals surface area contributed by atoms with Gasteiger partial charge >= 0.3 is 0 Å². The van der Waals surface area contributed by atoms with Gasteiger partial charge in [-0.15, -0.1) is 0 Å². The molecule has 2 aliphatic rings. The van der Waals surface area contributed by atoms with E-state index in [1.165, 1.54) is 60.7 Å². The predicted octanol–water partition coefficient (Wildman–Crippen LogP) is 11.5. The molecule has 0 aliphatic heterocycles. The third kappa shape index (κ3) is 3.92. The molecule has 0 N–H and O–H groups in total. The highest BCUT2D eigenvalue weighted by atomic mass is 15.0. The third-order valence-electron chi connectivity index (χ3n) is 10.9. The Kier molecular flexibility index (Phi) is 5.88. The first-order valence-electron chi connectivity index (χ1n) is 17.5. The number of nitrogens with zero attached hydrogens (tertiary/aromatic N) is 3. The largest absolute Gasteiger partial charge is 0.208 e. The molecule has 9 aromatic rings. The molecular weight excluding hydrogens is 619 g/mol. The van der Waals surface area contributed by atoms with Crippen molar-refractivity contribution in [3.63, 3.8) is 0 Å². The van der Waals surface area contributed by atoms with Crippen LogP contribution in [0.1, 0.15) is 22.3 Å². The Hall–Kier alpha value is -6.71. The van der Waals surface area contributed by atoms with Gasteiger partial charge in [-0.2, -0.15) is 0 Å². The Balaban J connectivity index is 1.19. The highest BCUT2D eigenvalue weighted by molar-refractivity contribution is 6.09. The molecule has 8 aromatic carbocycles. The van der Waals surface area contributed by atoms with Crippen molar-refractivity contribution < 1.29 is 0 Å². The van der Waals surface area contributed by atoms with Crippen LogP contribution in [0.15, 0.2) is 176 Å². The highest BCUT2D eigenvalue weighted by Gasteiger charge is 2.53. The van der Waals surface area contributed by atoms with Crippen molar-refractivity contribution in [1.82, 2.24) is 15.0 Å². The zero-order valence-corrected chi connectivity index (χ0v) is 27.6. The SMILES string of the molecule is c1ccc(-c2nc(-c3ccccc3)nc(-c3ccc4c5c(ccc4c3)-c3ccc4ccccc4c3C53c4ccccc4-c4ccccc43)n2)cc1. The number of hydrogen-bond donors (Lipinski definition) is 0. The second-order valence-electron chi connectivity index (χ2n) is 13.5. The van der Waals surface area contributed by atoms with Gasteiger partial charge in [0.25, 0.3) is 0 Å². The molecule has 0 saturated carbocycles. The van der Waals surface area contributed by atoms with Crippen molar-refractivity contribution in [3.8, 4) is 56.4 Å². The zero-order valence-electron chi connectivity index (χ0n) is 27.6. The summed E-state index contributed by atoms with van der Waals surface area (Å²) in [5.74, 6) is 1.98. The second-order valence-corrected chi connectivity index (χ2v) is 13.5. The lowest BCUT2D eigenvalue weighted by Gasteiger charge is -2.32. The fraction of sp³-hybridized carbons (Fsp3) is 0.0208. The van der Waals surface area contributed by atoms with Crippen LogP contribution in [0.3, 0.4) is 0 Å². The quantitative estimate of drug-likeness (QED) is 0.192. The Morgan fingerprint density at radius 2 is 0.784 bits per heavy atom. The zero-order chi connectivity index (χ0) is 33.5. The first kappa shape index (κ1) is 28.2. The first-order chi connectivity index (χ1) is 25.3. The molecule has 0 fully saturated rings. The lowest BCUT2D eigenvalue weighted by molar-refractivity contribution is 0.809. The van der Waals surface area contributed by atoms with Gasteiger partial charge < -0.3 is 0 Å². The topological polar surface area (TPSA) is 38.7 Å². The smallest absolute Gasteiger partial charge is 0.164 e. The van der Waals surface area contributed by atoms with E-state index in [2.05, 4.69) is 140 Å².